The number of fused-ring (bicyclic) bond motifs is 1. The van der Waals surface area contributed by atoms with Gasteiger partial charge in [-0.2, -0.15) is 0 Å². The summed E-state index contributed by atoms with van der Waals surface area (Å²) in [6.45, 7) is 2.15. The fourth-order valence-corrected chi connectivity index (χ4v) is 2.06. The van der Waals surface area contributed by atoms with E-state index in [9.17, 15) is 4.79 Å². The van der Waals surface area contributed by atoms with Gasteiger partial charge in [0, 0.05) is 22.6 Å². The molecule has 86 valence electrons. The van der Waals surface area contributed by atoms with Crippen molar-refractivity contribution in [3.05, 3.63) is 34.7 Å². The average Bonchev–Trinajstić information content (AvgIpc) is 2.53. The van der Waals surface area contributed by atoms with Gasteiger partial charge in [-0.25, -0.2) is 9.79 Å². The summed E-state index contributed by atoms with van der Waals surface area (Å²) in [5.74, 6) is 0.474. The molecule has 4 rings (SSSR count). The van der Waals surface area contributed by atoms with Crippen LogP contribution in [0.5, 0.6) is 0 Å². The van der Waals surface area contributed by atoms with Crippen molar-refractivity contribution in [3.8, 4) is 0 Å². The first kappa shape index (κ1) is 10.1. The third-order valence-electron chi connectivity index (χ3n) is 2.86. The van der Waals surface area contributed by atoms with E-state index < -0.39 is 0 Å². The van der Waals surface area contributed by atoms with Crippen LogP contribution in [-0.4, -0.2) is 18.4 Å². The molecular formula is C13H12N2O2. The van der Waals surface area contributed by atoms with Crippen molar-refractivity contribution in [2.45, 2.75) is 13.3 Å². The minimum absolute atomic E-state index is 0.359. The largest absolute Gasteiger partial charge is 0.461 e. The average molecular weight is 228 g/mol. The first-order valence-corrected chi connectivity index (χ1v) is 5.64. The lowest BCUT2D eigenvalue weighted by Gasteiger charge is -2.21. The number of rotatable bonds is 2. The zero-order valence-electron chi connectivity index (χ0n) is 9.49. The zero-order valence-corrected chi connectivity index (χ0v) is 9.49. The number of hydrogen-bond acceptors (Lipinski definition) is 4. The summed E-state index contributed by atoms with van der Waals surface area (Å²) in [5, 5.41) is 5.05. The van der Waals surface area contributed by atoms with E-state index in [1.54, 1.807) is 6.92 Å². The number of carbonyl (C=O) groups excluding carboxylic acids is 1. The van der Waals surface area contributed by atoms with Crippen molar-refractivity contribution >= 4 is 23.2 Å². The van der Waals surface area contributed by atoms with Crippen LogP contribution in [0.4, 0.5) is 0 Å². The van der Waals surface area contributed by atoms with E-state index in [1.165, 1.54) is 0 Å². The highest BCUT2D eigenvalue weighted by Gasteiger charge is 2.24. The summed E-state index contributed by atoms with van der Waals surface area (Å²) < 4.78 is 5.04. The second-order valence-corrected chi connectivity index (χ2v) is 3.95. The van der Waals surface area contributed by atoms with E-state index in [-0.39, 0.29) is 5.97 Å². The van der Waals surface area contributed by atoms with Crippen LogP contribution in [0.15, 0.2) is 29.3 Å². The Balaban J connectivity index is 2.29. The molecule has 2 bridgehead atoms. The molecule has 4 heteroatoms. The van der Waals surface area contributed by atoms with Gasteiger partial charge in [-0.1, -0.05) is 24.3 Å². The summed E-state index contributed by atoms with van der Waals surface area (Å²) in [4.78, 5) is 16.2. The fraction of sp³-hybridized carbons (Fsp3) is 0.231. The van der Waals surface area contributed by atoms with E-state index in [0.717, 1.165) is 28.4 Å². The Bertz CT molecular complexity index is 634. The first-order valence-electron chi connectivity index (χ1n) is 5.64. The number of esters is 1. The molecule has 0 radical (unpaired) electrons. The molecule has 17 heavy (non-hydrogen) atoms. The number of carbonyl (C=O) groups is 1. The highest BCUT2D eigenvalue weighted by Crippen LogP contribution is 2.15. The Morgan fingerprint density at radius 3 is 2.82 bits per heavy atom. The maximum Gasteiger partial charge on any atom is 0.357 e. The monoisotopic (exact) mass is 228 g/mol. The standard InChI is InChI=1S/C13H12N2O2/c1-2-17-13(16)12-9-6-4-3-5-8(9)10-7-11(14-10)15-12/h3-6H,2,7H2,1H3,(H,14,15). The van der Waals surface area contributed by atoms with Gasteiger partial charge in [0.2, 0.25) is 0 Å². The number of hydrogen-bond donors (Lipinski definition) is 1. The molecule has 0 spiro atoms. The van der Waals surface area contributed by atoms with Crippen molar-refractivity contribution in [2.75, 3.05) is 6.61 Å². The molecule has 3 heterocycles. The number of nitrogens with zero attached hydrogens (tertiary/aromatic N) is 1. The maximum absolute atomic E-state index is 11.9. The molecule has 0 saturated carbocycles. The van der Waals surface area contributed by atoms with E-state index in [0.29, 0.717) is 12.3 Å². The van der Waals surface area contributed by atoms with Crippen LogP contribution in [0, 0.1) is 0 Å². The molecule has 0 aliphatic carbocycles. The number of ether oxygens (including phenoxy) is 1. The summed E-state index contributed by atoms with van der Waals surface area (Å²) in [6, 6.07) is 7.76. The van der Waals surface area contributed by atoms with Crippen LogP contribution >= 0.6 is 0 Å². The molecule has 0 amide bonds. The van der Waals surface area contributed by atoms with Gasteiger partial charge in [0.05, 0.1) is 6.61 Å². The van der Waals surface area contributed by atoms with Gasteiger partial charge in [0.25, 0.3) is 0 Å². The van der Waals surface area contributed by atoms with Crippen molar-refractivity contribution in [3.63, 3.8) is 0 Å². The Morgan fingerprint density at radius 1 is 1.41 bits per heavy atom. The molecule has 0 aromatic heterocycles. The van der Waals surface area contributed by atoms with Crippen LogP contribution in [0.2, 0.25) is 0 Å². The number of nitrogens with one attached hydrogen (secondary N) is 1. The third-order valence-corrected chi connectivity index (χ3v) is 2.86. The van der Waals surface area contributed by atoms with Crippen LogP contribution in [0.25, 0.3) is 11.4 Å². The Morgan fingerprint density at radius 2 is 2.12 bits per heavy atom. The zero-order chi connectivity index (χ0) is 11.8. The lowest BCUT2D eigenvalue weighted by molar-refractivity contribution is -0.136. The van der Waals surface area contributed by atoms with Crippen molar-refractivity contribution in [2.24, 2.45) is 4.99 Å². The summed E-state index contributed by atoms with van der Waals surface area (Å²) in [6.07, 6.45) is 0.792. The van der Waals surface area contributed by atoms with Crippen LogP contribution in [0.3, 0.4) is 0 Å². The summed E-state index contributed by atoms with van der Waals surface area (Å²) in [7, 11) is 0. The predicted octanol–water partition coefficient (Wildman–Crippen LogP) is -0.128. The van der Waals surface area contributed by atoms with E-state index in [2.05, 4.69) is 10.3 Å². The van der Waals surface area contributed by atoms with Crippen LogP contribution < -0.4 is 15.8 Å². The first-order chi connectivity index (χ1) is 8.29. The van der Waals surface area contributed by atoms with Crippen LogP contribution in [0.1, 0.15) is 13.3 Å². The number of benzene rings is 1. The van der Waals surface area contributed by atoms with Gasteiger partial charge in [-0.3, -0.25) is 0 Å². The highest BCUT2D eigenvalue weighted by molar-refractivity contribution is 6.16. The molecule has 3 aliphatic rings. The fourth-order valence-electron chi connectivity index (χ4n) is 2.06. The second-order valence-electron chi connectivity index (χ2n) is 3.95. The van der Waals surface area contributed by atoms with E-state index >= 15 is 0 Å². The molecule has 1 aromatic rings. The van der Waals surface area contributed by atoms with Gasteiger partial charge < -0.3 is 10.1 Å². The number of amidine groups is 1. The molecule has 1 aromatic carbocycles. The Hall–Kier alpha value is -2.10. The molecule has 0 atom stereocenters. The molecule has 1 N–H and O–H groups in total. The molecule has 0 unspecified atom stereocenters. The van der Waals surface area contributed by atoms with Crippen molar-refractivity contribution < 1.29 is 9.53 Å². The van der Waals surface area contributed by atoms with E-state index in [4.69, 9.17) is 4.74 Å². The van der Waals surface area contributed by atoms with Gasteiger partial charge in [0.15, 0.2) is 5.70 Å². The Kier molecular flexibility index (Phi) is 2.21. The smallest absolute Gasteiger partial charge is 0.357 e. The quantitative estimate of drug-likeness (QED) is 0.717. The minimum Gasteiger partial charge on any atom is -0.461 e. The van der Waals surface area contributed by atoms with Crippen molar-refractivity contribution in [1.82, 2.24) is 5.32 Å². The lowest BCUT2D eigenvalue weighted by Crippen LogP contribution is -2.40. The molecular weight excluding hydrogens is 216 g/mol. The third kappa shape index (κ3) is 1.53. The molecule has 1 fully saturated rings. The van der Waals surface area contributed by atoms with Crippen molar-refractivity contribution in [1.29, 1.82) is 0 Å². The molecule has 4 nitrogen and oxygen atoms in total. The molecule has 1 saturated heterocycles. The number of aliphatic imine (C=N–C) groups is 1. The van der Waals surface area contributed by atoms with Gasteiger partial charge in [0.1, 0.15) is 5.84 Å². The summed E-state index contributed by atoms with van der Waals surface area (Å²) >= 11 is 0. The maximum atomic E-state index is 11.9. The topological polar surface area (TPSA) is 50.7 Å². The lowest BCUT2D eigenvalue weighted by atomic mass is 10.1. The predicted molar refractivity (Wildman–Crippen MR) is 64.3 cm³/mol. The Labute approximate surface area is 98.3 Å². The van der Waals surface area contributed by atoms with Gasteiger partial charge >= 0.3 is 5.97 Å². The van der Waals surface area contributed by atoms with Gasteiger partial charge in [-0.15, -0.1) is 0 Å². The van der Waals surface area contributed by atoms with Crippen LogP contribution in [-0.2, 0) is 9.53 Å². The highest BCUT2D eigenvalue weighted by atomic mass is 16.5. The SMILES string of the molecule is CCOC(=O)C1=c2ccccc2=C2CC(=N1)N2. The summed E-state index contributed by atoms with van der Waals surface area (Å²) in [5.41, 5.74) is 1.52. The van der Waals surface area contributed by atoms with E-state index in [1.807, 2.05) is 24.3 Å². The second kappa shape index (κ2) is 3.73. The van der Waals surface area contributed by atoms with Gasteiger partial charge in [-0.05, 0) is 6.92 Å². The normalized spacial score (nSPS) is 16.2. The molecule has 3 aliphatic heterocycles. The minimum atomic E-state index is -0.359.